The molecule has 170 valence electrons. The van der Waals surface area contributed by atoms with Crippen LogP contribution in [0, 0.1) is 0 Å². The van der Waals surface area contributed by atoms with Crippen LogP contribution in [0.25, 0.3) is 11.1 Å². The van der Waals surface area contributed by atoms with Crippen LogP contribution in [0.15, 0.2) is 36.4 Å². The number of nitrogens with one attached hydrogen (secondary N) is 2. The second-order valence-corrected chi connectivity index (χ2v) is 8.57. The molecule has 0 saturated carbocycles. The maximum absolute atomic E-state index is 12.8. The largest absolute Gasteiger partial charge is 0.356 e. The number of rotatable bonds is 11. The number of hydrogen-bond donors (Lipinski definition) is 2. The minimum atomic E-state index is -0.0909. The van der Waals surface area contributed by atoms with Gasteiger partial charge in [-0.05, 0) is 53.6 Å². The molecule has 0 bridgehead atoms. The minimum absolute atomic E-state index is 0.00643. The van der Waals surface area contributed by atoms with Crippen LogP contribution < -0.4 is 10.6 Å². The van der Waals surface area contributed by atoms with Crippen molar-refractivity contribution in [3.63, 3.8) is 0 Å². The monoisotopic (exact) mass is 434 g/mol. The van der Waals surface area contributed by atoms with Gasteiger partial charge in [0.05, 0.1) is 0 Å². The van der Waals surface area contributed by atoms with E-state index in [1.807, 2.05) is 37.3 Å². The molecule has 3 rings (SSSR count). The molecule has 0 spiro atoms. The van der Waals surface area contributed by atoms with Crippen LogP contribution in [0.1, 0.15) is 93.1 Å². The van der Waals surface area contributed by atoms with Gasteiger partial charge in [-0.15, -0.1) is 0 Å². The summed E-state index contributed by atoms with van der Waals surface area (Å²) in [6.07, 6.45) is 4.57. The maximum Gasteiger partial charge on any atom is 0.224 e. The second-order valence-electron chi connectivity index (χ2n) is 8.57. The number of amides is 2. The molecule has 1 aliphatic carbocycles. The number of carbonyl (C=O) groups is 3. The first kappa shape index (κ1) is 23.7. The standard InChI is InChI=1S/C27H34N2O3/c1-4-6-11-24(30)22-10-7-9-20-18(3)23-17-19(14-15-21(23)27(20)22)29-26(32)13-8-12-25(31)28-16-5-2/h7,9-10,14-15,17-18H,4-6,8,11-13,16H2,1-3H3,(H,28,31)(H,29,32). The Kier molecular flexibility index (Phi) is 8.20. The fraction of sp³-hybridized carbons (Fsp3) is 0.444. The zero-order valence-corrected chi connectivity index (χ0v) is 19.4. The Morgan fingerprint density at radius 3 is 2.41 bits per heavy atom. The summed E-state index contributed by atoms with van der Waals surface area (Å²) < 4.78 is 0. The van der Waals surface area contributed by atoms with Crippen LogP contribution in [0.2, 0.25) is 0 Å². The number of ketones is 1. The highest BCUT2D eigenvalue weighted by molar-refractivity contribution is 6.05. The molecule has 0 saturated heterocycles. The molecular weight excluding hydrogens is 400 g/mol. The molecule has 0 radical (unpaired) electrons. The fourth-order valence-corrected chi connectivity index (χ4v) is 4.32. The van der Waals surface area contributed by atoms with Gasteiger partial charge in [0, 0.05) is 43.0 Å². The number of Topliss-reactive ketones (excluding diaryl/α,β-unsaturated/α-hetero) is 1. The molecule has 5 nitrogen and oxygen atoms in total. The summed E-state index contributed by atoms with van der Waals surface area (Å²) in [6.45, 7) is 6.92. The molecule has 2 aromatic carbocycles. The smallest absolute Gasteiger partial charge is 0.224 e. The average Bonchev–Trinajstić information content (AvgIpc) is 3.07. The Morgan fingerprint density at radius 1 is 0.875 bits per heavy atom. The molecule has 2 aromatic rings. The molecule has 1 atom stereocenters. The quantitative estimate of drug-likeness (QED) is 0.437. The van der Waals surface area contributed by atoms with Gasteiger partial charge in [0.25, 0.3) is 0 Å². The van der Waals surface area contributed by atoms with Crippen molar-refractivity contribution < 1.29 is 14.4 Å². The third-order valence-electron chi connectivity index (χ3n) is 6.07. The van der Waals surface area contributed by atoms with Crippen molar-refractivity contribution in [1.82, 2.24) is 5.32 Å². The normalized spacial score (nSPS) is 13.9. The highest BCUT2D eigenvalue weighted by Crippen LogP contribution is 2.47. The number of benzene rings is 2. The summed E-state index contributed by atoms with van der Waals surface area (Å²) in [6, 6.07) is 11.9. The summed E-state index contributed by atoms with van der Waals surface area (Å²) >= 11 is 0. The summed E-state index contributed by atoms with van der Waals surface area (Å²) in [5, 5.41) is 5.79. The Labute approximate surface area is 191 Å². The second kappa shape index (κ2) is 11.1. The van der Waals surface area contributed by atoms with Crippen molar-refractivity contribution in [3.8, 4) is 11.1 Å². The highest BCUT2D eigenvalue weighted by atomic mass is 16.2. The molecule has 32 heavy (non-hydrogen) atoms. The van der Waals surface area contributed by atoms with Gasteiger partial charge in [0.15, 0.2) is 5.78 Å². The van der Waals surface area contributed by atoms with Crippen LogP contribution in [-0.4, -0.2) is 24.1 Å². The van der Waals surface area contributed by atoms with Crippen LogP contribution >= 0.6 is 0 Å². The maximum atomic E-state index is 12.8. The van der Waals surface area contributed by atoms with E-state index in [1.165, 1.54) is 5.56 Å². The summed E-state index contributed by atoms with van der Waals surface area (Å²) in [5.74, 6) is 0.266. The molecular formula is C27H34N2O3. The summed E-state index contributed by atoms with van der Waals surface area (Å²) in [7, 11) is 0. The zero-order chi connectivity index (χ0) is 23.1. The van der Waals surface area contributed by atoms with Crippen LogP contribution in [0.5, 0.6) is 0 Å². The van der Waals surface area contributed by atoms with Gasteiger partial charge in [0.1, 0.15) is 0 Å². The van der Waals surface area contributed by atoms with E-state index in [2.05, 4.69) is 30.5 Å². The fourth-order valence-electron chi connectivity index (χ4n) is 4.32. The molecule has 0 aliphatic heterocycles. The zero-order valence-electron chi connectivity index (χ0n) is 19.4. The van der Waals surface area contributed by atoms with Gasteiger partial charge >= 0.3 is 0 Å². The van der Waals surface area contributed by atoms with Crippen molar-refractivity contribution in [3.05, 3.63) is 53.1 Å². The number of unbranched alkanes of at least 4 members (excludes halogenated alkanes) is 1. The Morgan fingerprint density at radius 2 is 1.66 bits per heavy atom. The van der Waals surface area contributed by atoms with Crippen molar-refractivity contribution in [2.24, 2.45) is 0 Å². The molecule has 2 N–H and O–H groups in total. The lowest BCUT2D eigenvalue weighted by Gasteiger charge is -2.10. The lowest BCUT2D eigenvalue weighted by Crippen LogP contribution is -2.24. The SMILES string of the molecule is CCCCC(=O)c1cccc2c1-c1ccc(NC(=O)CCCC(=O)NCCC)cc1C2C. The van der Waals surface area contributed by atoms with Gasteiger partial charge in [-0.3, -0.25) is 14.4 Å². The van der Waals surface area contributed by atoms with Gasteiger partial charge in [-0.2, -0.15) is 0 Å². The topological polar surface area (TPSA) is 75.3 Å². The third-order valence-corrected chi connectivity index (χ3v) is 6.07. The Balaban J connectivity index is 1.69. The first-order valence-corrected chi connectivity index (χ1v) is 11.8. The predicted molar refractivity (Wildman–Crippen MR) is 129 cm³/mol. The number of fused-ring (bicyclic) bond motifs is 3. The lowest BCUT2D eigenvalue weighted by molar-refractivity contribution is -0.121. The third kappa shape index (κ3) is 5.45. The van der Waals surface area contributed by atoms with E-state index in [0.717, 1.165) is 47.2 Å². The molecule has 0 heterocycles. The molecule has 0 aromatic heterocycles. The first-order valence-electron chi connectivity index (χ1n) is 11.8. The van der Waals surface area contributed by atoms with Crippen molar-refractivity contribution in [1.29, 1.82) is 0 Å². The van der Waals surface area contributed by atoms with Crippen molar-refractivity contribution >= 4 is 23.3 Å². The van der Waals surface area contributed by atoms with Gasteiger partial charge in [-0.25, -0.2) is 0 Å². The van der Waals surface area contributed by atoms with Crippen LogP contribution in [-0.2, 0) is 9.59 Å². The van der Waals surface area contributed by atoms with Crippen LogP contribution in [0.4, 0.5) is 5.69 Å². The molecule has 1 aliphatic rings. The first-order chi connectivity index (χ1) is 15.5. The molecule has 1 unspecified atom stereocenters. The predicted octanol–water partition coefficient (Wildman–Crippen LogP) is 5.83. The van der Waals surface area contributed by atoms with Crippen molar-refractivity contribution in [2.45, 2.75) is 71.6 Å². The van der Waals surface area contributed by atoms with Gasteiger partial charge in [-0.1, -0.05) is 51.5 Å². The molecule has 5 heteroatoms. The summed E-state index contributed by atoms with van der Waals surface area (Å²) in [4.78, 5) is 36.9. The Hall–Kier alpha value is -2.95. The van der Waals surface area contributed by atoms with E-state index in [9.17, 15) is 14.4 Å². The number of anilines is 1. The molecule has 2 amide bonds. The lowest BCUT2D eigenvalue weighted by atomic mass is 9.94. The number of carbonyl (C=O) groups excluding carboxylic acids is 3. The highest BCUT2D eigenvalue weighted by Gasteiger charge is 2.29. The Bertz CT molecular complexity index is 996. The molecule has 0 fully saturated rings. The van der Waals surface area contributed by atoms with Gasteiger partial charge in [0.2, 0.25) is 11.8 Å². The van der Waals surface area contributed by atoms with E-state index >= 15 is 0 Å². The van der Waals surface area contributed by atoms with Crippen molar-refractivity contribution in [2.75, 3.05) is 11.9 Å². The van der Waals surface area contributed by atoms with E-state index in [4.69, 9.17) is 0 Å². The number of hydrogen-bond acceptors (Lipinski definition) is 3. The summed E-state index contributed by atoms with van der Waals surface area (Å²) in [5.41, 5.74) is 5.99. The van der Waals surface area contributed by atoms with Crippen LogP contribution in [0.3, 0.4) is 0 Å². The van der Waals surface area contributed by atoms with E-state index in [0.29, 0.717) is 32.2 Å². The average molecular weight is 435 g/mol. The van der Waals surface area contributed by atoms with E-state index in [-0.39, 0.29) is 23.5 Å². The van der Waals surface area contributed by atoms with E-state index in [1.54, 1.807) is 0 Å². The minimum Gasteiger partial charge on any atom is -0.356 e. The van der Waals surface area contributed by atoms with Gasteiger partial charge < -0.3 is 10.6 Å². The van der Waals surface area contributed by atoms with E-state index < -0.39 is 0 Å².